The fourth-order valence-electron chi connectivity index (χ4n) is 1.70. The van der Waals surface area contributed by atoms with Crippen LogP contribution in [0, 0.1) is 0 Å². The summed E-state index contributed by atoms with van der Waals surface area (Å²) in [6, 6.07) is 3.55. The Kier molecular flexibility index (Phi) is 2.76. The van der Waals surface area contributed by atoms with E-state index in [0.717, 1.165) is 0 Å². The van der Waals surface area contributed by atoms with Crippen LogP contribution in [0.1, 0.15) is 18.5 Å². The second kappa shape index (κ2) is 4.22. The summed E-state index contributed by atoms with van der Waals surface area (Å²) >= 11 is 0. The van der Waals surface area contributed by atoms with Crippen molar-refractivity contribution in [3.63, 3.8) is 0 Å². The maximum Gasteiger partial charge on any atom is 0.341 e. The summed E-state index contributed by atoms with van der Waals surface area (Å²) in [7, 11) is 1.32. The van der Waals surface area contributed by atoms with Crippen LogP contribution in [0.3, 0.4) is 0 Å². The van der Waals surface area contributed by atoms with Gasteiger partial charge in [-0.1, -0.05) is 0 Å². The van der Waals surface area contributed by atoms with Crippen molar-refractivity contribution in [2.24, 2.45) is 0 Å². The van der Waals surface area contributed by atoms with Crippen LogP contribution in [-0.4, -0.2) is 24.0 Å². The zero-order chi connectivity index (χ0) is 11.5. The zero-order valence-electron chi connectivity index (χ0n) is 8.87. The molecule has 84 valence electrons. The molecular weight excluding hydrogens is 208 g/mol. The number of H-pyrrole nitrogens is 1. The fraction of sp³-hybridized carbons (Fsp3) is 0.273. The SMILES string of the molecule is COC(=O)/C(=C1\CCC(=O)N1)c1ccc[nH]1. The highest BCUT2D eigenvalue weighted by Gasteiger charge is 2.24. The van der Waals surface area contributed by atoms with E-state index in [2.05, 4.69) is 10.3 Å². The molecule has 0 atom stereocenters. The number of methoxy groups -OCH3 is 1. The lowest BCUT2D eigenvalue weighted by molar-refractivity contribution is -0.133. The lowest BCUT2D eigenvalue weighted by atomic mass is 10.1. The van der Waals surface area contributed by atoms with Crippen LogP contribution < -0.4 is 5.32 Å². The molecule has 1 amide bonds. The monoisotopic (exact) mass is 220 g/mol. The lowest BCUT2D eigenvalue weighted by Crippen LogP contribution is -2.17. The van der Waals surface area contributed by atoms with Crippen molar-refractivity contribution >= 4 is 17.4 Å². The van der Waals surface area contributed by atoms with Crippen LogP contribution in [0.5, 0.6) is 0 Å². The fourth-order valence-corrected chi connectivity index (χ4v) is 1.70. The molecule has 2 N–H and O–H groups in total. The van der Waals surface area contributed by atoms with Gasteiger partial charge >= 0.3 is 5.97 Å². The van der Waals surface area contributed by atoms with Gasteiger partial charge in [-0.3, -0.25) is 4.79 Å². The lowest BCUT2D eigenvalue weighted by Gasteiger charge is -2.07. The second-order valence-electron chi connectivity index (χ2n) is 3.48. The highest BCUT2D eigenvalue weighted by molar-refractivity contribution is 6.17. The Hall–Kier alpha value is -2.04. The van der Waals surface area contributed by atoms with Crippen LogP contribution in [0.25, 0.3) is 5.57 Å². The number of carbonyl (C=O) groups excluding carboxylic acids is 2. The van der Waals surface area contributed by atoms with Crippen molar-refractivity contribution in [1.29, 1.82) is 0 Å². The van der Waals surface area contributed by atoms with Crippen molar-refractivity contribution in [2.75, 3.05) is 7.11 Å². The molecule has 0 radical (unpaired) electrons. The molecule has 1 aliphatic heterocycles. The molecule has 1 fully saturated rings. The minimum atomic E-state index is -0.445. The Morgan fingerprint density at radius 2 is 2.25 bits per heavy atom. The summed E-state index contributed by atoms with van der Waals surface area (Å²) in [6.07, 6.45) is 2.68. The molecule has 5 nitrogen and oxygen atoms in total. The van der Waals surface area contributed by atoms with E-state index in [1.54, 1.807) is 18.3 Å². The van der Waals surface area contributed by atoms with Gasteiger partial charge < -0.3 is 15.0 Å². The number of carbonyl (C=O) groups is 2. The maximum atomic E-state index is 11.7. The average Bonchev–Trinajstić information content (AvgIpc) is 2.91. The minimum absolute atomic E-state index is 0.0667. The van der Waals surface area contributed by atoms with E-state index >= 15 is 0 Å². The number of esters is 1. The first-order valence-corrected chi connectivity index (χ1v) is 4.97. The Labute approximate surface area is 92.5 Å². The van der Waals surface area contributed by atoms with Crippen molar-refractivity contribution in [3.05, 3.63) is 29.7 Å². The third-order valence-electron chi connectivity index (χ3n) is 2.45. The number of ether oxygens (including phenoxy) is 1. The quantitative estimate of drug-likeness (QED) is 0.572. The van der Waals surface area contributed by atoms with Gasteiger partial charge in [-0.25, -0.2) is 4.79 Å². The molecule has 2 heterocycles. The standard InChI is InChI=1S/C11H12N2O3/c1-16-11(15)10(7-3-2-6-12-7)8-4-5-9(14)13-8/h2-3,6,12H,4-5H2,1H3,(H,13,14)/b10-8+. The van der Waals surface area contributed by atoms with E-state index in [0.29, 0.717) is 29.8 Å². The van der Waals surface area contributed by atoms with E-state index in [-0.39, 0.29) is 5.91 Å². The molecule has 2 rings (SSSR count). The first kappa shape index (κ1) is 10.5. The number of rotatable bonds is 2. The highest BCUT2D eigenvalue weighted by Crippen LogP contribution is 2.23. The van der Waals surface area contributed by atoms with Crippen LogP contribution in [0.2, 0.25) is 0 Å². The van der Waals surface area contributed by atoms with Crippen LogP contribution in [0.15, 0.2) is 24.0 Å². The van der Waals surface area contributed by atoms with Gasteiger partial charge in [-0.05, 0) is 18.6 Å². The van der Waals surface area contributed by atoms with Gasteiger partial charge in [0, 0.05) is 18.3 Å². The second-order valence-corrected chi connectivity index (χ2v) is 3.48. The largest absolute Gasteiger partial charge is 0.465 e. The number of nitrogens with one attached hydrogen (secondary N) is 2. The average molecular weight is 220 g/mol. The first-order valence-electron chi connectivity index (χ1n) is 4.97. The summed E-state index contributed by atoms with van der Waals surface area (Å²) < 4.78 is 4.72. The Balaban J connectivity index is 2.43. The number of allylic oxidation sites excluding steroid dienone is 1. The maximum absolute atomic E-state index is 11.7. The Bertz CT molecular complexity index is 446. The molecule has 16 heavy (non-hydrogen) atoms. The van der Waals surface area contributed by atoms with Crippen LogP contribution >= 0.6 is 0 Å². The number of amides is 1. The number of aromatic amines is 1. The molecule has 0 unspecified atom stereocenters. The van der Waals surface area contributed by atoms with Crippen LogP contribution in [0.4, 0.5) is 0 Å². The van der Waals surface area contributed by atoms with Gasteiger partial charge in [-0.2, -0.15) is 0 Å². The smallest absolute Gasteiger partial charge is 0.341 e. The molecule has 5 heteroatoms. The molecule has 1 saturated heterocycles. The topological polar surface area (TPSA) is 71.2 Å². The van der Waals surface area contributed by atoms with Gasteiger partial charge in [0.25, 0.3) is 0 Å². The van der Waals surface area contributed by atoms with Gasteiger partial charge in [-0.15, -0.1) is 0 Å². The number of hydrogen-bond donors (Lipinski definition) is 2. The van der Waals surface area contributed by atoms with Gasteiger partial charge in [0.05, 0.1) is 12.8 Å². The van der Waals surface area contributed by atoms with Gasteiger partial charge in [0.1, 0.15) is 5.57 Å². The molecular formula is C11H12N2O3. The van der Waals surface area contributed by atoms with Crippen molar-refractivity contribution < 1.29 is 14.3 Å². The molecule has 1 aliphatic rings. The van der Waals surface area contributed by atoms with Crippen molar-refractivity contribution in [3.8, 4) is 0 Å². The van der Waals surface area contributed by atoms with E-state index in [9.17, 15) is 9.59 Å². The molecule has 0 aliphatic carbocycles. The third-order valence-corrected chi connectivity index (χ3v) is 2.45. The predicted octanol–water partition coefficient (Wildman–Crippen LogP) is 0.809. The Morgan fingerprint density at radius 3 is 2.75 bits per heavy atom. The minimum Gasteiger partial charge on any atom is -0.465 e. The van der Waals surface area contributed by atoms with E-state index in [1.807, 2.05) is 0 Å². The molecule has 1 aromatic heterocycles. The van der Waals surface area contributed by atoms with Crippen molar-refractivity contribution in [2.45, 2.75) is 12.8 Å². The normalized spacial score (nSPS) is 18.2. The summed E-state index contributed by atoms with van der Waals surface area (Å²) in [5.74, 6) is -0.511. The molecule has 0 spiro atoms. The summed E-state index contributed by atoms with van der Waals surface area (Å²) in [5.41, 5.74) is 1.68. The first-order chi connectivity index (χ1) is 7.72. The Morgan fingerprint density at radius 1 is 1.44 bits per heavy atom. The number of aromatic nitrogens is 1. The van der Waals surface area contributed by atoms with E-state index in [4.69, 9.17) is 4.74 Å². The van der Waals surface area contributed by atoms with E-state index in [1.165, 1.54) is 7.11 Å². The highest BCUT2D eigenvalue weighted by atomic mass is 16.5. The summed E-state index contributed by atoms with van der Waals surface area (Å²) in [6.45, 7) is 0. The van der Waals surface area contributed by atoms with Gasteiger partial charge in [0.15, 0.2) is 0 Å². The third kappa shape index (κ3) is 1.84. The molecule has 0 aromatic carbocycles. The molecule has 0 saturated carbocycles. The van der Waals surface area contributed by atoms with Crippen molar-refractivity contribution in [1.82, 2.24) is 10.3 Å². The number of hydrogen-bond acceptors (Lipinski definition) is 3. The molecule has 1 aromatic rings. The van der Waals surface area contributed by atoms with E-state index < -0.39 is 5.97 Å². The summed E-state index contributed by atoms with van der Waals surface area (Å²) in [5, 5.41) is 2.68. The summed E-state index contributed by atoms with van der Waals surface area (Å²) in [4.78, 5) is 25.7. The van der Waals surface area contributed by atoms with Gasteiger partial charge in [0.2, 0.25) is 5.91 Å². The zero-order valence-corrected chi connectivity index (χ0v) is 8.87. The molecule has 0 bridgehead atoms. The van der Waals surface area contributed by atoms with Crippen LogP contribution in [-0.2, 0) is 14.3 Å². The predicted molar refractivity (Wildman–Crippen MR) is 57.1 cm³/mol.